The summed E-state index contributed by atoms with van der Waals surface area (Å²) in [4.78, 5) is 25.5. The number of esters is 1. The highest BCUT2D eigenvalue weighted by molar-refractivity contribution is 7.12. The molecule has 120 valence electrons. The summed E-state index contributed by atoms with van der Waals surface area (Å²) in [7, 11) is 1.34. The predicted octanol–water partition coefficient (Wildman–Crippen LogP) is 3.64. The van der Waals surface area contributed by atoms with Gasteiger partial charge in [-0.05, 0) is 43.3 Å². The van der Waals surface area contributed by atoms with E-state index >= 15 is 0 Å². The standard InChI is InChI=1S/C17H15FO4S/c1-11-3-5-13(23-11)6-8-17(20)22-10-15(19)12-4-7-16(21-2)14(18)9-12/h3-9H,10H2,1-2H3/b8-6+. The van der Waals surface area contributed by atoms with Crippen LogP contribution in [0.15, 0.2) is 36.4 Å². The average Bonchev–Trinajstić information content (AvgIpc) is 2.96. The minimum absolute atomic E-state index is 0.0488. The van der Waals surface area contributed by atoms with E-state index in [1.165, 1.54) is 25.3 Å². The first-order chi connectivity index (χ1) is 11.0. The lowest BCUT2D eigenvalue weighted by molar-refractivity contribution is -0.136. The molecular formula is C17H15FO4S. The molecule has 2 rings (SSSR count). The van der Waals surface area contributed by atoms with Crippen molar-refractivity contribution in [2.24, 2.45) is 0 Å². The summed E-state index contributed by atoms with van der Waals surface area (Å²) in [6.45, 7) is 1.52. The highest BCUT2D eigenvalue weighted by Gasteiger charge is 2.12. The first-order valence-electron chi connectivity index (χ1n) is 6.77. The number of methoxy groups -OCH3 is 1. The summed E-state index contributed by atoms with van der Waals surface area (Å²) in [5.41, 5.74) is 0.119. The van der Waals surface area contributed by atoms with Crippen LogP contribution in [0.25, 0.3) is 6.08 Å². The van der Waals surface area contributed by atoms with Crippen molar-refractivity contribution in [1.29, 1.82) is 0 Å². The maximum Gasteiger partial charge on any atom is 0.331 e. The average molecular weight is 334 g/mol. The van der Waals surface area contributed by atoms with Gasteiger partial charge >= 0.3 is 5.97 Å². The Bertz CT molecular complexity index is 749. The summed E-state index contributed by atoms with van der Waals surface area (Å²) in [5, 5.41) is 0. The van der Waals surface area contributed by atoms with E-state index in [1.54, 1.807) is 17.4 Å². The fraction of sp³-hybridized carbons (Fsp3) is 0.176. The van der Waals surface area contributed by atoms with E-state index in [0.29, 0.717) is 0 Å². The van der Waals surface area contributed by atoms with Crippen LogP contribution in [-0.2, 0) is 9.53 Å². The molecule has 1 aromatic heterocycles. The number of carbonyl (C=O) groups excluding carboxylic acids is 2. The molecule has 0 aliphatic rings. The fourth-order valence-electron chi connectivity index (χ4n) is 1.80. The van der Waals surface area contributed by atoms with Crippen molar-refractivity contribution in [3.63, 3.8) is 0 Å². The maximum absolute atomic E-state index is 13.5. The highest BCUT2D eigenvalue weighted by Crippen LogP contribution is 2.18. The molecule has 0 aliphatic carbocycles. The van der Waals surface area contributed by atoms with Crippen LogP contribution >= 0.6 is 11.3 Å². The lowest BCUT2D eigenvalue weighted by Crippen LogP contribution is -2.12. The topological polar surface area (TPSA) is 52.6 Å². The van der Waals surface area contributed by atoms with Crippen LogP contribution < -0.4 is 4.74 Å². The number of Topliss-reactive ketones (excluding diaryl/α,β-unsaturated/α-hetero) is 1. The van der Waals surface area contributed by atoms with Gasteiger partial charge < -0.3 is 9.47 Å². The van der Waals surface area contributed by atoms with Crippen LogP contribution in [0, 0.1) is 12.7 Å². The number of ketones is 1. The zero-order chi connectivity index (χ0) is 16.8. The number of halogens is 1. The fourth-order valence-corrected chi connectivity index (χ4v) is 2.58. The molecule has 1 aromatic carbocycles. The van der Waals surface area contributed by atoms with Crippen molar-refractivity contribution < 1.29 is 23.5 Å². The Balaban J connectivity index is 1.89. The zero-order valence-electron chi connectivity index (χ0n) is 12.7. The molecule has 0 aliphatic heterocycles. The van der Waals surface area contributed by atoms with Gasteiger partial charge in [-0.25, -0.2) is 9.18 Å². The van der Waals surface area contributed by atoms with E-state index in [4.69, 9.17) is 9.47 Å². The Kier molecular flexibility index (Phi) is 5.65. The van der Waals surface area contributed by atoms with Crippen LogP contribution in [0.4, 0.5) is 4.39 Å². The summed E-state index contributed by atoms with van der Waals surface area (Å²) in [6.07, 6.45) is 2.88. The van der Waals surface area contributed by atoms with Crippen molar-refractivity contribution in [3.8, 4) is 5.75 Å². The van der Waals surface area contributed by atoms with Gasteiger partial charge in [-0.2, -0.15) is 0 Å². The molecule has 0 spiro atoms. The second kappa shape index (κ2) is 7.69. The number of thiophene rings is 1. The van der Waals surface area contributed by atoms with Crippen LogP contribution in [0.3, 0.4) is 0 Å². The largest absolute Gasteiger partial charge is 0.494 e. The molecule has 1 heterocycles. The normalized spacial score (nSPS) is 10.7. The molecular weight excluding hydrogens is 319 g/mol. The monoisotopic (exact) mass is 334 g/mol. The summed E-state index contributed by atoms with van der Waals surface area (Å²) >= 11 is 1.54. The molecule has 6 heteroatoms. The van der Waals surface area contributed by atoms with Crippen molar-refractivity contribution in [2.45, 2.75) is 6.92 Å². The quantitative estimate of drug-likeness (QED) is 0.460. The van der Waals surface area contributed by atoms with Gasteiger partial charge in [0.1, 0.15) is 0 Å². The lowest BCUT2D eigenvalue weighted by atomic mass is 10.1. The Morgan fingerprint density at radius 1 is 1.26 bits per heavy atom. The van der Waals surface area contributed by atoms with Gasteiger partial charge in [0.05, 0.1) is 7.11 Å². The van der Waals surface area contributed by atoms with Gasteiger partial charge in [0.2, 0.25) is 0 Å². The van der Waals surface area contributed by atoms with Gasteiger partial charge in [0.25, 0.3) is 0 Å². The van der Waals surface area contributed by atoms with Crippen LogP contribution in [0.5, 0.6) is 5.75 Å². The van der Waals surface area contributed by atoms with Crippen molar-refractivity contribution in [2.75, 3.05) is 13.7 Å². The second-order valence-corrected chi connectivity index (χ2v) is 5.98. The zero-order valence-corrected chi connectivity index (χ0v) is 13.5. The van der Waals surface area contributed by atoms with Gasteiger partial charge in [-0.1, -0.05) is 0 Å². The van der Waals surface area contributed by atoms with E-state index in [-0.39, 0.29) is 11.3 Å². The van der Waals surface area contributed by atoms with Crippen molar-refractivity contribution >= 4 is 29.2 Å². The van der Waals surface area contributed by atoms with E-state index in [2.05, 4.69) is 0 Å². The van der Waals surface area contributed by atoms with Gasteiger partial charge in [-0.3, -0.25) is 4.79 Å². The molecule has 0 amide bonds. The minimum Gasteiger partial charge on any atom is -0.494 e. The smallest absolute Gasteiger partial charge is 0.331 e. The maximum atomic E-state index is 13.5. The van der Waals surface area contributed by atoms with Gasteiger partial charge in [0.15, 0.2) is 24.0 Å². The molecule has 0 saturated carbocycles. The SMILES string of the molecule is COc1ccc(C(=O)COC(=O)/C=C/c2ccc(C)s2)cc1F. The molecule has 0 bridgehead atoms. The number of ether oxygens (including phenoxy) is 2. The Morgan fingerprint density at radius 2 is 2.04 bits per heavy atom. The third-order valence-corrected chi connectivity index (χ3v) is 3.93. The van der Waals surface area contributed by atoms with Crippen molar-refractivity contribution in [3.05, 3.63) is 57.5 Å². The Morgan fingerprint density at radius 3 is 2.65 bits per heavy atom. The molecule has 4 nitrogen and oxygen atoms in total. The number of benzene rings is 1. The highest BCUT2D eigenvalue weighted by atomic mass is 32.1. The van der Waals surface area contributed by atoms with Crippen LogP contribution in [-0.4, -0.2) is 25.5 Å². The first kappa shape index (κ1) is 16.9. The predicted molar refractivity (Wildman–Crippen MR) is 86.3 cm³/mol. The van der Waals surface area contributed by atoms with E-state index < -0.39 is 24.2 Å². The van der Waals surface area contributed by atoms with E-state index in [9.17, 15) is 14.0 Å². The van der Waals surface area contributed by atoms with Crippen LogP contribution in [0.1, 0.15) is 20.1 Å². The summed E-state index contributed by atoms with van der Waals surface area (Å²) in [6, 6.07) is 7.65. The molecule has 0 saturated heterocycles. The van der Waals surface area contributed by atoms with Crippen LogP contribution in [0.2, 0.25) is 0 Å². The number of aryl methyl sites for hydroxylation is 1. The first-order valence-corrected chi connectivity index (χ1v) is 7.59. The lowest BCUT2D eigenvalue weighted by Gasteiger charge is -2.05. The second-order valence-electron chi connectivity index (χ2n) is 4.66. The third-order valence-electron chi connectivity index (χ3n) is 2.96. The molecule has 23 heavy (non-hydrogen) atoms. The number of hydrogen-bond donors (Lipinski definition) is 0. The molecule has 0 radical (unpaired) electrons. The van der Waals surface area contributed by atoms with Crippen molar-refractivity contribution in [1.82, 2.24) is 0 Å². The molecule has 0 N–H and O–H groups in total. The Hall–Kier alpha value is -2.47. The summed E-state index contributed by atoms with van der Waals surface area (Å²) < 4.78 is 23.2. The molecule has 2 aromatic rings. The number of carbonyl (C=O) groups is 2. The van der Waals surface area contributed by atoms with E-state index in [0.717, 1.165) is 15.8 Å². The Labute approximate surface area is 137 Å². The third kappa shape index (κ3) is 4.75. The van der Waals surface area contributed by atoms with E-state index in [1.807, 2.05) is 19.1 Å². The minimum atomic E-state index is -0.641. The van der Waals surface area contributed by atoms with Gasteiger partial charge in [-0.15, -0.1) is 11.3 Å². The molecule has 0 fully saturated rings. The molecule has 0 unspecified atom stereocenters. The number of rotatable bonds is 6. The summed E-state index contributed by atoms with van der Waals surface area (Å²) in [5.74, 6) is -1.70. The van der Waals surface area contributed by atoms with Gasteiger partial charge in [0, 0.05) is 21.4 Å². The molecule has 0 atom stereocenters. The number of hydrogen-bond acceptors (Lipinski definition) is 5.